The maximum absolute atomic E-state index is 2.56. The normalized spacial score (nSPS) is 13.5. The topological polar surface area (TPSA) is 0 Å². The maximum Gasteiger partial charge on any atom is 0.0437 e. The summed E-state index contributed by atoms with van der Waals surface area (Å²) in [7, 11) is 0. The molecule has 0 amide bonds. The monoisotopic (exact) mass is 792 g/mol. The fourth-order valence-electron chi connectivity index (χ4n) is 12.2. The Morgan fingerprint density at radius 2 is 0.579 bits per heavy atom. The largest absolute Gasteiger partial charge is 0.142 e. The van der Waals surface area contributed by atoms with Gasteiger partial charge in [-0.05, 0) is 104 Å². The summed E-state index contributed by atoms with van der Waals surface area (Å²) in [5.41, 5.74) is 4.71. The van der Waals surface area contributed by atoms with Gasteiger partial charge in [0.2, 0.25) is 0 Å². The first-order chi connectivity index (χ1) is 28.2. The number of hydrogen-bond acceptors (Lipinski definition) is 3. The standard InChI is InChI=1S/C54H48S3/c1-4-7-10-13-16-28-19-22-31-34-26-56-53-39-30(18-15-12-9-6-3)21-24-33-36-27-57-54-38-29(17-14-11-8-5-2)20-23-32-35-25-55-52-37(28)40(31)46-49(43(35)52)47(41(32)38)51(45(36)54)48(42(33)39)50(46)44(34)53/h19-27H,4-18H2,1-3H3. The van der Waals surface area contributed by atoms with Gasteiger partial charge in [0.05, 0.1) is 0 Å². The Morgan fingerprint density at radius 1 is 0.281 bits per heavy atom. The van der Waals surface area contributed by atoms with Crippen LogP contribution in [0.4, 0.5) is 0 Å². The molecule has 0 aliphatic carbocycles. The summed E-state index contributed by atoms with van der Waals surface area (Å²) < 4.78 is 4.61. The Kier molecular flexibility index (Phi) is 7.43. The van der Waals surface area contributed by atoms with E-state index in [9.17, 15) is 0 Å². The minimum Gasteiger partial charge on any atom is -0.142 e. The molecule has 0 N–H and O–H groups in total. The summed E-state index contributed by atoms with van der Waals surface area (Å²) in [6, 6.07) is 15.3. The third-order valence-corrected chi connectivity index (χ3v) is 17.7. The van der Waals surface area contributed by atoms with Crippen LogP contribution in [-0.2, 0) is 19.3 Å². The number of unbranched alkanes of at least 4 members (excludes halogenated alkanes) is 9. The summed E-state index contributed by atoms with van der Waals surface area (Å²) in [4.78, 5) is 0. The molecule has 0 bridgehead atoms. The number of benzene rings is 10. The molecule has 0 aliphatic rings. The highest BCUT2D eigenvalue weighted by Crippen LogP contribution is 2.63. The van der Waals surface area contributed by atoms with E-state index in [2.05, 4.69) is 73.3 Å². The predicted octanol–water partition coefficient (Wildman–Crippen LogP) is 18.7. The molecule has 57 heavy (non-hydrogen) atoms. The van der Waals surface area contributed by atoms with E-state index in [1.165, 1.54) is 123 Å². The summed E-state index contributed by atoms with van der Waals surface area (Å²) in [6.45, 7) is 7.01. The third-order valence-electron chi connectivity index (χ3n) is 14.7. The molecular weight excluding hydrogens is 745 g/mol. The van der Waals surface area contributed by atoms with Crippen molar-refractivity contribution in [2.24, 2.45) is 0 Å². The molecule has 3 heterocycles. The van der Waals surface area contributed by atoms with E-state index in [-0.39, 0.29) is 0 Å². The smallest absolute Gasteiger partial charge is 0.0437 e. The lowest BCUT2D eigenvalue weighted by Gasteiger charge is -2.27. The van der Waals surface area contributed by atoms with Crippen molar-refractivity contribution >= 4 is 161 Å². The van der Waals surface area contributed by atoms with Gasteiger partial charge in [-0.15, -0.1) is 34.0 Å². The minimum atomic E-state index is 1.16. The van der Waals surface area contributed by atoms with Gasteiger partial charge in [-0.25, -0.2) is 0 Å². The molecule has 0 nitrogen and oxygen atoms in total. The third kappa shape index (κ3) is 4.19. The van der Waals surface area contributed by atoms with Crippen LogP contribution in [0.25, 0.3) is 127 Å². The zero-order valence-electron chi connectivity index (χ0n) is 33.5. The molecule has 0 unspecified atom stereocenters. The number of thiophene rings is 3. The molecule has 0 atom stereocenters. The number of fused-ring (bicyclic) bond motifs is 6. The van der Waals surface area contributed by atoms with Crippen molar-refractivity contribution in [3.8, 4) is 0 Å². The van der Waals surface area contributed by atoms with Crippen LogP contribution >= 0.6 is 34.0 Å². The molecular formula is C54H48S3. The van der Waals surface area contributed by atoms with Gasteiger partial charge in [0.1, 0.15) is 0 Å². The van der Waals surface area contributed by atoms with Crippen LogP contribution in [0.1, 0.15) is 115 Å². The molecule has 3 aromatic heterocycles. The van der Waals surface area contributed by atoms with E-state index in [1.54, 1.807) is 97.5 Å². The number of aryl methyl sites for hydroxylation is 3. The first-order valence-electron chi connectivity index (χ1n) is 22.3. The van der Waals surface area contributed by atoms with Gasteiger partial charge in [-0.2, -0.15) is 0 Å². The lowest BCUT2D eigenvalue weighted by Crippen LogP contribution is -2.00. The Hall–Kier alpha value is -4.02. The van der Waals surface area contributed by atoms with Crippen molar-refractivity contribution in [1.29, 1.82) is 0 Å². The SMILES string of the molecule is CCCCCCc1ccc2c3csc4c5c(CCCCCC)ccc6c7csc8c9c(CCCCCC)ccc%10c%11csc%12c1c2c1c(c34)c(c65)c(c78)c(c%109)c1c%11%12. The second kappa shape index (κ2) is 12.5. The summed E-state index contributed by atoms with van der Waals surface area (Å²) in [5.74, 6) is 0. The van der Waals surface area contributed by atoms with Crippen LogP contribution in [0.3, 0.4) is 0 Å². The molecule has 0 spiro atoms. The molecule has 0 fully saturated rings. The van der Waals surface area contributed by atoms with Crippen molar-refractivity contribution < 1.29 is 0 Å². The van der Waals surface area contributed by atoms with Gasteiger partial charge >= 0.3 is 0 Å². The Labute approximate surface area is 345 Å². The van der Waals surface area contributed by atoms with Crippen LogP contribution in [0.5, 0.6) is 0 Å². The van der Waals surface area contributed by atoms with Crippen molar-refractivity contribution in [2.45, 2.75) is 117 Å². The van der Waals surface area contributed by atoms with Crippen LogP contribution in [-0.4, -0.2) is 0 Å². The van der Waals surface area contributed by atoms with Crippen molar-refractivity contribution in [1.82, 2.24) is 0 Å². The van der Waals surface area contributed by atoms with Crippen LogP contribution < -0.4 is 0 Å². The Morgan fingerprint density at radius 3 is 0.877 bits per heavy atom. The molecule has 13 aromatic rings. The minimum absolute atomic E-state index is 1.16. The lowest BCUT2D eigenvalue weighted by atomic mass is 9.75. The summed E-state index contributed by atoms with van der Waals surface area (Å²) >= 11 is 6.12. The number of hydrogen-bond donors (Lipinski definition) is 0. The second-order valence-corrected chi connectivity index (χ2v) is 20.4. The first-order valence-corrected chi connectivity index (χ1v) is 25.0. The highest BCUT2D eigenvalue weighted by atomic mass is 32.1. The molecule has 0 saturated carbocycles. The van der Waals surface area contributed by atoms with E-state index in [1.807, 2.05) is 34.0 Å². The lowest BCUT2D eigenvalue weighted by molar-refractivity contribution is 0.668. The van der Waals surface area contributed by atoms with E-state index in [0.717, 1.165) is 19.3 Å². The highest BCUT2D eigenvalue weighted by molar-refractivity contribution is 7.21. The Bertz CT molecular complexity index is 3180. The molecule has 13 rings (SSSR count). The van der Waals surface area contributed by atoms with E-state index in [4.69, 9.17) is 0 Å². The van der Waals surface area contributed by atoms with Crippen molar-refractivity contribution in [2.75, 3.05) is 0 Å². The van der Waals surface area contributed by atoms with Crippen LogP contribution in [0.15, 0.2) is 52.5 Å². The van der Waals surface area contributed by atoms with Gasteiger partial charge in [0.15, 0.2) is 0 Å². The van der Waals surface area contributed by atoms with E-state index >= 15 is 0 Å². The van der Waals surface area contributed by atoms with Crippen molar-refractivity contribution in [3.05, 3.63) is 69.2 Å². The fourth-order valence-corrected chi connectivity index (χ4v) is 15.7. The van der Waals surface area contributed by atoms with E-state index in [0.29, 0.717) is 0 Å². The molecule has 3 heteroatoms. The van der Waals surface area contributed by atoms with Gasteiger partial charge in [0, 0.05) is 94.9 Å². The molecule has 0 radical (unpaired) electrons. The summed E-state index contributed by atoms with van der Waals surface area (Å²) in [5, 5.41) is 40.2. The predicted molar refractivity (Wildman–Crippen MR) is 261 cm³/mol. The molecule has 0 saturated heterocycles. The van der Waals surface area contributed by atoms with Crippen LogP contribution in [0.2, 0.25) is 0 Å². The highest BCUT2D eigenvalue weighted by Gasteiger charge is 2.34. The van der Waals surface area contributed by atoms with Gasteiger partial charge < -0.3 is 0 Å². The fraction of sp³-hybridized carbons (Fsp3) is 0.333. The van der Waals surface area contributed by atoms with Gasteiger partial charge in [-0.1, -0.05) is 115 Å². The second-order valence-electron chi connectivity index (χ2n) is 17.8. The maximum atomic E-state index is 2.56. The average molecular weight is 793 g/mol. The quantitative estimate of drug-likeness (QED) is 0.0551. The molecule has 282 valence electrons. The van der Waals surface area contributed by atoms with Gasteiger partial charge in [-0.3, -0.25) is 0 Å². The van der Waals surface area contributed by atoms with Crippen molar-refractivity contribution in [3.63, 3.8) is 0 Å². The first kappa shape index (κ1) is 33.9. The van der Waals surface area contributed by atoms with Gasteiger partial charge in [0.25, 0.3) is 0 Å². The molecule has 10 aromatic carbocycles. The summed E-state index contributed by atoms with van der Waals surface area (Å²) in [6.07, 6.45) is 19.1. The molecule has 0 aliphatic heterocycles. The zero-order chi connectivity index (χ0) is 37.7. The van der Waals surface area contributed by atoms with E-state index < -0.39 is 0 Å². The zero-order valence-corrected chi connectivity index (χ0v) is 36.0. The average Bonchev–Trinajstić information content (AvgIpc) is 4.00. The Balaban J connectivity index is 1.29. The van der Waals surface area contributed by atoms with Crippen LogP contribution in [0, 0.1) is 0 Å². The number of rotatable bonds is 15.